The number of hydrogen-bond acceptors (Lipinski definition) is 5. The number of sulfonamides is 1. The fraction of sp³-hybridized carbons (Fsp3) is 0.176. The van der Waals surface area contributed by atoms with Crippen LogP contribution in [0.25, 0.3) is 0 Å². The molecule has 0 amide bonds. The van der Waals surface area contributed by atoms with Crippen molar-refractivity contribution in [1.82, 2.24) is 14.8 Å². The van der Waals surface area contributed by atoms with Crippen LogP contribution in [0.4, 0.5) is 5.82 Å². The number of pyridine rings is 1. The van der Waals surface area contributed by atoms with Crippen molar-refractivity contribution in [2.45, 2.75) is 18.4 Å². The Morgan fingerprint density at radius 3 is 2.60 bits per heavy atom. The van der Waals surface area contributed by atoms with Crippen LogP contribution >= 0.6 is 0 Å². The summed E-state index contributed by atoms with van der Waals surface area (Å²) in [6, 6.07) is 13.5. The van der Waals surface area contributed by atoms with Crippen LogP contribution in [-0.2, 0) is 16.6 Å². The zero-order chi connectivity index (χ0) is 17.7. The lowest BCUT2D eigenvalue weighted by molar-refractivity contribution is 0.340. The number of anilines is 1. The predicted octanol–water partition coefficient (Wildman–Crippen LogP) is 2.53. The Labute approximate surface area is 146 Å². The Bertz CT molecular complexity index is 922. The largest absolute Gasteiger partial charge is 0.494 e. The third-order valence-corrected chi connectivity index (χ3v) is 4.75. The van der Waals surface area contributed by atoms with Crippen LogP contribution in [0.2, 0.25) is 0 Å². The molecular formula is C17H18N4O3S. The summed E-state index contributed by atoms with van der Waals surface area (Å²) in [6.45, 7) is 2.86. The molecule has 1 N–H and O–H groups in total. The number of rotatable bonds is 7. The van der Waals surface area contributed by atoms with E-state index in [1.54, 1.807) is 35.3 Å². The molecule has 2 heterocycles. The van der Waals surface area contributed by atoms with Crippen LogP contribution < -0.4 is 9.46 Å². The molecule has 0 atom stereocenters. The molecule has 25 heavy (non-hydrogen) atoms. The summed E-state index contributed by atoms with van der Waals surface area (Å²) in [5.41, 5.74) is 0.839. The number of nitrogens with zero attached hydrogens (tertiary/aromatic N) is 3. The highest BCUT2D eigenvalue weighted by Gasteiger charge is 2.15. The van der Waals surface area contributed by atoms with E-state index in [0.29, 0.717) is 18.9 Å². The molecule has 0 aliphatic carbocycles. The highest BCUT2D eigenvalue weighted by atomic mass is 32.2. The van der Waals surface area contributed by atoms with E-state index in [-0.39, 0.29) is 10.7 Å². The topological polar surface area (TPSA) is 86.1 Å². The molecule has 3 rings (SSSR count). The fourth-order valence-electron chi connectivity index (χ4n) is 2.24. The third-order valence-electron chi connectivity index (χ3n) is 3.37. The molecule has 0 radical (unpaired) electrons. The molecule has 0 aliphatic rings. The van der Waals surface area contributed by atoms with Crippen molar-refractivity contribution in [2.24, 2.45) is 0 Å². The van der Waals surface area contributed by atoms with Gasteiger partial charge in [0.25, 0.3) is 10.0 Å². The summed E-state index contributed by atoms with van der Waals surface area (Å²) in [6.07, 6.45) is 3.40. The molecule has 130 valence electrons. The Kier molecular flexibility index (Phi) is 4.99. The number of benzene rings is 1. The van der Waals surface area contributed by atoms with Crippen LogP contribution in [0, 0.1) is 0 Å². The summed E-state index contributed by atoms with van der Waals surface area (Å²) >= 11 is 0. The van der Waals surface area contributed by atoms with Gasteiger partial charge in [-0.2, -0.15) is 5.10 Å². The monoisotopic (exact) mass is 358 g/mol. The summed E-state index contributed by atoms with van der Waals surface area (Å²) in [5.74, 6) is 0.880. The number of hydrogen-bond donors (Lipinski definition) is 1. The Hall–Kier alpha value is -2.87. The molecule has 0 saturated carbocycles. The second-order valence-electron chi connectivity index (χ2n) is 5.23. The van der Waals surface area contributed by atoms with E-state index in [0.717, 1.165) is 5.69 Å². The van der Waals surface area contributed by atoms with Gasteiger partial charge in [-0.05, 0) is 43.3 Å². The molecule has 2 aromatic heterocycles. The van der Waals surface area contributed by atoms with Crippen molar-refractivity contribution in [3.63, 3.8) is 0 Å². The van der Waals surface area contributed by atoms with E-state index in [4.69, 9.17) is 4.74 Å². The van der Waals surface area contributed by atoms with E-state index in [2.05, 4.69) is 14.8 Å². The first-order valence-electron chi connectivity index (χ1n) is 7.76. The van der Waals surface area contributed by atoms with Gasteiger partial charge in [0, 0.05) is 18.5 Å². The second kappa shape index (κ2) is 7.35. The Balaban J connectivity index is 1.70. The quantitative estimate of drug-likeness (QED) is 0.701. The van der Waals surface area contributed by atoms with Crippen molar-refractivity contribution in [3.8, 4) is 5.75 Å². The maximum Gasteiger partial charge on any atom is 0.263 e. The van der Waals surface area contributed by atoms with Crippen molar-refractivity contribution in [2.75, 3.05) is 11.3 Å². The first-order valence-corrected chi connectivity index (χ1v) is 9.24. The van der Waals surface area contributed by atoms with Gasteiger partial charge in [0.05, 0.1) is 23.7 Å². The van der Waals surface area contributed by atoms with Gasteiger partial charge < -0.3 is 4.74 Å². The third kappa shape index (κ3) is 4.36. The summed E-state index contributed by atoms with van der Waals surface area (Å²) in [4.78, 5) is 4.37. The normalized spacial score (nSPS) is 11.2. The van der Waals surface area contributed by atoms with Crippen LogP contribution in [-0.4, -0.2) is 29.8 Å². The summed E-state index contributed by atoms with van der Waals surface area (Å²) in [5, 5.41) is 4.22. The molecule has 0 bridgehead atoms. The summed E-state index contributed by atoms with van der Waals surface area (Å²) in [7, 11) is -3.70. The first kappa shape index (κ1) is 17.0. The fourth-order valence-corrected chi connectivity index (χ4v) is 3.24. The van der Waals surface area contributed by atoms with E-state index < -0.39 is 10.0 Å². The van der Waals surface area contributed by atoms with Gasteiger partial charge in [-0.3, -0.25) is 14.4 Å². The maximum atomic E-state index is 12.4. The van der Waals surface area contributed by atoms with Gasteiger partial charge in [0.15, 0.2) is 5.82 Å². The minimum absolute atomic E-state index is 0.148. The van der Waals surface area contributed by atoms with Crippen molar-refractivity contribution >= 4 is 15.8 Å². The molecule has 0 saturated heterocycles. The zero-order valence-corrected chi connectivity index (χ0v) is 14.5. The predicted molar refractivity (Wildman–Crippen MR) is 94.0 cm³/mol. The molecular weight excluding hydrogens is 340 g/mol. The SMILES string of the molecule is CCOc1ccc(S(=O)(=O)Nc2ccn(Cc3ccccn3)n2)cc1. The van der Waals surface area contributed by atoms with Crippen molar-refractivity contribution in [1.29, 1.82) is 0 Å². The molecule has 0 spiro atoms. The molecule has 3 aromatic rings. The Morgan fingerprint density at radius 2 is 1.92 bits per heavy atom. The lowest BCUT2D eigenvalue weighted by atomic mass is 10.3. The Morgan fingerprint density at radius 1 is 1.12 bits per heavy atom. The first-order chi connectivity index (χ1) is 12.1. The molecule has 0 fully saturated rings. The highest BCUT2D eigenvalue weighted by Crippen LogP contribution is 2.18. The molecule has 8 heteroatoms. The number of nitrogens with one attached hydrogen (secondary N) is 1. The summed E-state index contributed by atoms with van der Waals surface area (Å²) < 4.78 is 34.3. The number of ether oxygens (including phenoxy) is 1. The molecule has 0 aliphatic heterocycles. The maximum absolute atomic E-state index is 12.4. The molecule has 1 aromatic carbocycles. The van der Waals surface area contributed by atoms with Crippen LogP contribution in [0.3, 0.4) is 0 Å². The van der Waals surface area contributed by atoms with Gasteiger partial charge in [-0.15, -0.1) is 0 Å². The minimum atomic E-state index is -3.70. The standard InChI is InChI=1S/C17H18N4O3S/c1-2-24-15-6-8-16(9-7-15)25(22,23)20-17-10-12-21(19-17)13-14-5-3-4-11-18-14/h3-12H,2,13H2,1H3,(H,19,20). The van der Waals surface area contributed by atoms with E-state index in [1.807, 2.05) is 25.1 Å². The van der Waals surface area contributed by atoms with Crippen LogP contribution in [0.5, 0.6) is 5.75 Å². The molecule has 7 nitrogen and oxygen atoms in total. The average Bonchev–Trinajstić information content (AvgIpc) is 3.03. The smallest absolute Gasteiger partial charge is 0.263 e. The van der Waals surface area contributed by atoms with E-state index >= 15 is 0 Å². The average molecular weight is 358 g/mol. The second-order valence-corrected chi connectivity index (χ2v) is 6.91. The van der Waals surface area contributed by atoms with Gasteiger partial charge in [-0.1, -0.05) is 6.07 Å². The zero-order valence-electron chi connectivity index (χ0n) is 13.7. The van der Waals surface area contributed by atoms with Gasteiger partial charge in [0.1, 0.15) is 5.75 Å². The minimum Gasteiger partial charge on any atom is -0.494 e. The molecule has 0 unspecified atom stereocenters. The van der Waals surface area contributed by atoms with Gasteiger partial charge in [0.2, 0.25) is 0 Å². The lowest BCUT2D eigenvalue weighted by Crippen LogP contribution is -2.14. The van der Waals surface area contributed by atoms with Crippen molar-refractivity contribution < 1.29 is 13.2 Å². The van der Waals surface area contributed by atoms with E-state index in [9.17, 15) is 8.42 Å². The number of aromatic nitrogens is 3. The van der Waals surface area contributed by atoms with Crippen molar-refractivity contribution in [3.05, 3.63) is 66.6 Å². The highest BCUT2D eigenvalue weighted by molar-refractivity contribution is 7.92. The van der Waals surface area contributed by atoms with Crippen LogP contribution in [0.15, 0.2) is 65.8 Å². The van der Waals surface area contributed by atoms with Gasteiger partial charge in [-0.25, -0.2) is 8.42 Å². The van der Waals surface area contributed by atoms with Crippen LogP contribution in [0.1, 0.15) is 12.6 Å². The lowest BCUT2D eigenvalue weighted by Gasteiger charge is -2.07. The van der Waals surface area contributed by atoms with Gasteiger partial charge >= 0.3 is 0 Å². The van der Waals surface area contributed by atoms with E-state index in [1.165, 1.54) is 12.1 Å².